The Hall–Kier alpha value is -0.770. The molecule has 0 saturated carbocycles. The van der Waals surface area contributed by atoms with Crippen LogP contribution in [0.1, 0.15) is 13.8 Å². The zero-order valence-corrected chi connectivity index (χ0v) is 7.95. The highest BCUT2D eigenvalue weighted by molar-refractivity contribution is 5.78. The van der Waals surface area contributed by atoms with Crippen molar-refractivity contribution in [3.63, 3.8) is 0 Å². The number of morpholine rings is 1. The first kappa shape index (κ1) is 9.32. The molecule has 2 unspecified atom stereocenters. The van der Waals surface area contributed by atoms with Crippen LogP contribution in [-0.4, -0.2) is 43.2 Å². The van der Waals surface area contributed by atoms with Gasteiger partial charge >= 0.3 is 0 Å². The van der Waals surface area contributed by atoms with Crippen LogP contribution in [0.3, 0.4) is 0 Å². The zero-order valence-electron chi connectivity index (χ0n) is 7.95. The van der Waals surface area contributed by atoms with Gasteiger partial charge in [-0.1, -0.05) is 0 Å². The van der Waals surface area contributed by atoms with E-state index in [9.17, 15) is 0 Å². The molecule has 1 saturated heterocycles. The Balaban J connectivity index is 2.60. The smallest absolute Gasteiger partial charge is 0.191 e. The number of hydrogen-bond acceptors (Lipinski definition) is 2. The number of rotatable bonds is 0. The Morgan fingerprint density at radius 3 is 2.83 bits per heavy atom. The van der Waals surface area contributed by atoms with Gasteiger partial charge < -0.3 is 15.4 Å². The zero-order chi connectivity index (χ0) is 9.14. The summed E-state index contributed by atoms with van der Waals surface area (Å²) in [5.74, 6) is 0.609. The summed E-state index contributed by atoms with van der Waals surface area (Å²) < 4.78 is 5.46. The molecule has 2 atom stereocenters. The monoisotopic (exact) mass is 171 g/mol. The van der Waals surface area contributed by atoms with Gasteiger partial charge in [-0.05, 0) is 13.8 Å². The lowest BCUT2D eigenvalue weighted by molar-refractivity contribution is -0.0228. The first-order chi connectivity index (χ1) is 5.65. The molecular formula is C8H17N3O. The molecule has 1 heterocycles. The van der Waals surface area contributed by atoms with E-state index in [2.05, 4.69) is 16.8 Å². The third-order valence-electron chi connectivity index (χ3n) is 2.13. The van der Waals surface area contributed by atoms with Gasteiger partial charge in [-0.2, -0.15) is 0 Å². The van der Waals surface area contributed by atoms with E-state index in [1.165, 1.54) is 0 Å². The highest BCUT2D eigenvalue weighted by Gasteiger charge is 2.24. The summed E-state index contributed by atoms with van der Waals surface area (Å²) in [6, 6.07) is 0.338. The lowest BCUT2D eigenvalue weighted by Crippen LogP contribution is -2.52. The van der Waals surface area contributed by atoms with Crippen molar-refractivity contribution in [1.29, 1.82) is 0 Å². The van der Waals surface area contributed by atoms with Gasteiger partial charge in [-0.15, -0.1) is 0 Å². The summed E-state index contributed by atoms with van der Waals surface area (Å²) in [6.07, 6.45) is 0.251. The lowest BCUT2D eigenvalue weighted by atomic mass is 10.2. The predicted molar refractivity (Wildman–Crippen MR) is 49.1 cm³/mol. The Bertz CT molecular complexity index is 181. The van der Waals surface area contributed by atoms with Crippen molar-refractivity contribution < 1.29 is 4.74 Å². The molecule has 12 heavy (non-hydrogen) atoms. The molecule has 0 bridgehead atoms. The molecule has 0 aliphatic carbocycles. The maximum atomic E-state index is 5.72. The van der Waals surface area contributed by atoms with Crippen molar-refractivity contribution in [2.24, 2.45) is 10.7 Å². The second-order valence-corrected chi connectivity index (χ2v) is 3.23. The fourth-order valence-electron chi connectivity index (χ4n) is 1.35. The van der Waals surface area contributed by atoms with Crippen LogP contribution in [0.5, 0.6) is 0 Å². The van der Waals surface area contributed by atoms with Crippen LogP contribution in [0, 0.1) is 0 Å². The third kappa shape index (κ3) is 1.88. The highest BCUT2D eigenvalue weighted by atomic mass is 16.5. The minimum Gasteiger partial charge on any atom is -0.375 e. The second-order valence-electron chi connectivity index (χ2n) is 3.23. The van der Waals surface area contributed by atoms with Crippen molar-refractivity contribution >= 4 is 5.96 Å². The molecule has 0 radical (unpaired) electrons. The van der Waals surface area contributed by atoms with Crippen LogP contribution < -0.4 is 5.73 Å². The molecule has 1 aliphatic rings. The summed E-state index contributed by atoms with van der Waals surface area (Å²) >= 11 is 0. The molecule has 1 fully saturated rings. The summed E-state index contributed by atoms with van der Waals surface area (Å²) in [4.78, 5) is 6.04. The maximum Gasteiger partial charge on any atom is 0.191 e. The molecule has 1 aliphatic heterocycles. The van der Waals surface area contributed by atoms with Crippen LogP contribution in [0.4, 0.5) is 0 Å². The van der Waals surface area contributed by atoms with E-state index < -0.39 is 0 Å². The molecule has 0 aromatic carbocycles. The first-order valence-corrected chi connectivity index (χ1v) is 4.25. The summed E-state index contributed by atoms with van der Waals surface area (Å²) in [6.45, 7) is 5.70. The first-order valence-electron chi connectivity index (χ1n) is 4.25. The Kier molecular flexibility index (Phi) is 2.92. The van der Waals surface area contributed by atoms with E-state index in [0.717, 1.165) is 13.2 Å². The second kappa shape index (κ2) is 3.76. The number of aliphatic imine (C=N–C) groups is 1. The van der Waals surface area contributed by atoms with Gasteiger partial charge in [0.2, 0.25) is 0 Å². The van der Waals surface area contributed by atoms with Crippen LogP contribution in [-0.2, 0) is 4.74 Å². The number of hydrogen-bond donors (Lipinski definition) is 1. The van der Waals surface area contributed by atoms with Crippen LogP contribution in [0.15, 0.2) is 4.99 Å². The van der Waals surface area contributed by atoms with Gasteiger partial charge in [0.15, 0.2) is 5.96 Å². The van der Waals surface area contributed by atoms with Gasteiger partial charge in [0, 0.05) is 13.6 Å². The van der Waals surface area contributed by atoms with Crippen molar-refractivity contribution in [1.82, 2.24) is 4.90 Å². The van der Waals surface area contributed by atoms with Crippen molar-refractivity contribution in [3.8, 4) is 0 Å². The van der Waals surface area contributed by atoms with E-state index in [4.69, 9.17) is 10.5 Å². The summed E-state index contributed by atoms with van der Waals surface area (Å²) in [5.41, 5.74) is 5.72. The molecule has 0 aromatic heterocycles. The third-order valence-corrected chi connectivity index (χ3v) is 2.13. The predicted octanol–water partition coefficient (Wildman–Crippen LogP) is 0.0401. The molecule has 0 spiro atoms. The van der Waals surface area contributed by atoms with Gasteiger partial charge in [-0.3, -0.25) is 4.99 Å². The molecule has 70 valence electrons. The van der Waals surface area contributed by atoms with Gasteiger partial charge in [0.1, 0.15) is 0 Å². The van der Waals surface area contributed by atoms with E-state index in [-0.39, 0.29) is 6.10 Å². The quantitative estimate of drug-likeness (QED) is 0.413. The number of nitrogens with zero attached hydrogens (tertiary/aromatic N) is 2. The molecule has 4 nitrogen and oxygen atoms in total. The van der Waals surface area contributed by atoms with E-state index in [0.29, 0.717) is 12.0 Å². The van der Waals surface area contributed by atoms with Crippen LogP contribution >= 0.6 is 0 Å². The Labute approximate surface area is 73.4 Å². The van der Waals surface area contributed by atoms with E-state index in [1.54, 1.807) is 7.05 Å². The highest BCUT2D eigenvalue weighted by Crippen LogP contribution is 2.10. The topological polar surface area (TPSA) is 50.8 Å². The molecule has 2 N–H and O–H groups in total. The molecule has 4 heteroatoms. The number of nitrogens with two attached hydrogens (primary N) is 1. The summed E-state index contributed by atoms with van der Waals surface area (Å²) in [5, 5.41) is 0. The Morgan fingerprint density at radius 2 is 2.25 bits per heavy atom. The average molecular weight is 171 g/mol. The van der Waals surface area contributed by atoms with Gasteiger partial charge in [0.05, 0.1) is 18.8 Å². The fourth-order valence-corrected chi connectivity index (χ4v) is 1.35. The van der Waals surface area contributed by atoms with Crippen molar-refractivity contribution in [3.05, 3.63) is 0 Å². The maximum absolute atomic E-state index is 5.72. The number of ether oxygens (including phenoxy) is 1. The standard InChI is InChI=1S/C8H17N3O/c1-6-5-12-7(2)4-11(6)8(9)10-3/h6-7H,4-5H2,1-3H3,(H2,9,10). The van der Waals surface area contributed by atoms with Crippen molar-refractivity contribution in [2.45, 2.75) is 26.0 Å². The minimum atomic E-state index is 0.251. The van der Waals surface area contributed by atoms with Crippen molar-refractivity contribution in [2.75, 3.05) is 20.2 Å². The lowest BCUT2D eigenvalue weighted by Gasteiger charge is -2.37. The minimum absolute atomic E-state index is 0.251. The van der Waals surface area contributed by atoms with Crippen LogP contribution in [0.25, 0.3) is 0 Å². The fraction of sp³-hybridized carbons (Fsp3) is 0.875. The normalized spacial score (nSPS) is 32.2. The average Bonchev–Trinajstić information content (AvgIpc) is 2.08. The molecule has 1 rings (SSSR count). The van der Waals surface area contributed by atoms with Crippen LogP contribution in [0.2, 0.25) is 0 Å². The van der Waals surface area contributed by atoms with E-state index >= 15 is 0 Å². The summed E-state index contributed by atoms with van der Waals surface area (Å²) in [7, 11) is 1.71. The number of guanidine groups is 1. The van der Waals surface area contributed by atoms with E-state index in [1.807, 2.05) is 6.92 Å². The SMILES string of the molecule is CN=C(N)N1CC(C)OCC1C. The molecular weight excluding hydrogens is 154 g/mol. The molecule has 0 amide bonds. The molecule has 0 aromatic rings. The van der Waals surface area contributed by atoms with Gasteiger partial charge in [-0.25, -0.2) is 0 Å². The largest absolute Gasteiger partial charge is 0.375 e. The van der Waals surface area contributed by atoms with Gasteiger partial charge in [0.25, 0.3) is 0 Å². The Morgan fingerprint density at radius 1 is 1.58 bits per heavy atom.